The Bertz CT molecular complexity index is 383. The maximum Gasteiger partial charge on any atom is 0.328 e. The Kier molecular flexibility index (Phi) is 4.39. The third-order valence-corrected chi connectivity index (χ3v) is 3.64. The highest BCUT2D eigenvalue weighted by atomic mass is 16.5. The van der Waals surface area contributed by atoms with E-state index >= 15 is 0 Å². The molecule has 0 saturated carbocycles. The number of hydrogen-bond acceptors (Lipinski definition) is 4. The third-order valence-electron chi connectivity index (χ3n) is 3.64. The maximum absolute atomic E-state index is 12.4. The highest BCUT2D eigenvalue weighted by molar-refractivity contribution is 5.93. The van der Waals surface area contributed by atoms with Crippen molar-refractivity contribution in [1.29, 1.82) is 0 Å². The second-order valence-electron chi connectivity index (χ2n) is 4.95. The number of rotatable bonds is 3. The number of nitrogens with zero attached hydrogens (tertiary/aromatic N) is 1. The van der Waals surface area contributed by atoms with E-state index in [1.54, 1.807) is 11.8 Å². The van der Waals surface area contributed by atoms with Gasteiger partial charge in [0.15, 0.2) is 0 Å². The molecule has 6 nitrogen and oxygen atoms in total. The summed E-state index contributed by atoms with van der Waals surface area (Å²) in [6.07, 6.45) is 3.36. The summed E-state index contributed by atoms with van der Waals surface area (Å²) in [4.78, 5) is 37.0. The lowest BCUT2D eigenvalue weighted by Gasteiger charge is -2.35. The first-order chi connectivity index (χ1) is 9.13. The van der Waals surface area contributed by atoms with Crippen LogP contribution in [0.2, 0.25) is 0 Å². The molecule has 2 saturated heterocycles. The Labute approximate surface area is 112 Å². The van der Waals surface area contributed by atoms with Crippen molar-refractivity contribution in [3.63, 3.8) is 0 Å². The molecule has 0 bridgehead atoms. The zero-order valence-corrected chi connectivity index (χ0v) is 11.2. The number of nitrogens with one attached hydrogen (secondary N) is 1. The lowest BCUT2D eigenvalue weighted by atomic mass is 10.0. The molecule has 6 heteroatoms. The highest BCUT2D eigenvalue weighted by Gasteiger charge is 2.38. The third kappa shape index (κ3) is 3.05. The van der Waals surface area contributed by atoms with Gasteiger partial charge in [-0.05, 0) is 32.6 Å². The molecule has 106 valence electrons. The molecule has 2 amide bonds. The summed E-state index contributed by atoms with van der Waals surface area (Å²) in [6, 6.07) is -0.957. The number of esters is 1. The van der Waals surface area contributed by atoms with Crippen molar-refractivity contribution in [2.75, 3.05) is 13.2 Å². The Morgan fingerprint density at radius 2 is 2.16 bits per heavy atom. The largest absolute Gasteiger partial charge is 0.464 e. The minimum absolute atomic E-state index is 0.0944. The Balaban J connectivity index is 2.04. The molecule has 2 aliphatic heterocycles. The van der Waals surface area contributed by atoms with Crippen molar-refractivity contribution >= 4 is 17.8 Å². The van der Waals surface area contributed by atoms with Crippen molar-refractivity contribution in [2.45, 2.75) is 51.1 Å². The SMILES string of the molecule is CCOC(=O)C1CCCCN1C(=O)C1CCC(=O)N1. The van der Waals surface area contributed by atoms with E-state index in [2.05, 4.69) is 5.32 Å². The number of likely N-dealkylation sites (tertiary alicyclic amines) is 1. The molecule has 0 spiro atoms. The normalized spacial score (nSPS) is 27.0. The molecular weight excluding hydrogens is 248 g/mol. The predicted molar refractivity (Wildman–Crippen MR) is 67.1 cm³/mol. The number of carbonyl (C=O) groups excluding carboxylic acids is 3. The van der Waals surface area contributed by atoms with E-state index in [1.165, 1.54) is 0 Å². The second kappa shape index (κ2) is 6.04. The van der Waals surface area contributed by atoms with E-state index in [0.717, 1.165) is 12.8 Å². The molecule has 2 rings (SSSR count). The molecule has 19 heavy (non-hydrogen) atoms. The van der Waals surface area contributed by atoms with Crippen LogP contribution in [0.15, 0.2) is 0 Å². The van der Waals surface area contributed by atoms with Crippen LogP contribution in [0.1, 0.15) is 39.0 Å². The van der Waals surface area contributed by atoms with Crippen molar-refractivity contribution in [2.24, 2.45) is 0 Å². The lowest BCUT2D eigenvalue weighted by molar-refractivity contribution is -0.157. The van der Waals surface area contributed by atoms with Crippen LogP contribution in [-0.4, -0.2) is 47.9 Å². The van der Waals surface area contributed by atoms with Gasteiger partial charge in [0, 0.05) is 13.0 Å². The van der Waals surface area contributed by atoms with Gasteiger partial charge in [0.1, 0.15) is 12.1 Å². The van der Waals surface area contributed by atoms with Crippen molar-refractivity contribution in [1.82, 2.24) is 10.2 Å². The van der Waals surface area contributed by atoms with Crippen molar-refractivity contribution in [3.8, 4) is 0 Å². The van der Waals surface area contributed by atoms with Crippen molar-refractivity contribution < 1.29 is 19.1 Å². The van der Waals surface area contributed by atoms with Gasteiger partial charge in [-0.3, -0.25) is 9.59 Å². The average Bonchev–Trinajstić information content (AvgIpc) is 2.85. The number of piperidine rings is 1. The fourth-order valence-corrected chi connectivity index (χ4v) is 2.68. The lowest BCUT2D eigenvalue weighted by Crippen LogP contribution is -2.54. The molecule has 0 aromatic rings. The monoisotopic (exact) mass is 268 g/mol. The first-order valence-electron chi connectivity index (χ1n) is 6.90. The molecule has 0 radical (unpaired) electrons. The Morgan fingerprint density at radius 3 is 2.79 bits per heavy atom. The molecule has 2 unspecified atom stereocenters. The molecule has 0 aromatic heterocycles. The number of amides is 2. The quantitative estimate of drug-likeness (QED) is 0.742. The van der Waals surface area contributed by atoms with Crippen molar-refractivity contribution in [3.05, 3.63) is 0 Å². The Hall–Kier alpha value is -1.59. The molecule has 0 aliphatic carbocycles. The van der Waals surface area contributed by atoms with Crippen LogP contribution in [0.5, 0.6) is 0 Å². The van der Waals surface area contributed by atoms with Gasteiger partial charge in [0.2, 0.25) is 11.8 Å². The van der Waals surface area contributed by atoms with E-state index < -0.39 is 12.1 Å². The number of carbonyl (C=O) groups is 3. The standard InChI is InChI=1S/C13H20N2O4/c1-2-19-13(18)10-5-3-4-8-15(10)12(17)9-6-7-11(16)14-9/h9-10H,2-8H2,1H3,(H,14,16). The van der Waals surface area contributed by atoms with Gasteiger partial charge in [-0.15, -0.1) is 0 Å². The van der Waals surface area contributed by atoms with E-state index in [0.29, 0.717) is 32.4 Å². The zero-order chi connectivity index (χ0) is 13.8. The number of ether oxygens (including phenoxy) is 1. The molecule has 2 atom stereocenters. The average molecular weight is 268 g/mol. The van der Waals surface area contributed by atoms with Crippen LogP contribution in [0.25, 0.3) is 0 Å². The minimum Gasteiger partial charge on any atom is -0.464 e. The van der Waals surface area contributed by atoms with Crippen LogP contribution in [-0.2, 0) is 19.1 Å². The second-order valence-corrected chi connectivity index (χ2v) is 4.95. The summed E-state index contributed by atoms with van der Waals surface area (Å²) in [5.74, 6) is -0.577. The van der Waals surface area contributed by atoms with Crippen LogP contribution < -0.4 is 5.32 Å². The zero-order valence-electron chi connectivity index (χ0n) is 11.2. The summed E-state index contributed by atoms with van der Waals surface area (Å²) in [5, 5.41) is 2.66. The van der Waals surface area contributed by atoms with E-state index in [1.807, 2.05) is 0 Å². The fraction of sp³-hybridized carbons (Fsp3) is 0.769. The molecule has 2 aliphatic rings. The molecule has 2 fully saturated rings. The predicted octanol–water partition coefficient (Wildman–Crippen LogP) is 0.209. The highest BCUT2D eigenvalue weighted by Crippen LogP contribution is 2.21. The van der Waals surface area contributed by atoms with Crippen LogP contribution in [0.4, 0.5) is 0 Å². The molecule has 1 N–H and O–H groups in total. The Morgan fingerprint density at radius 1 is 1.37 bits per heavy atom. The molecular formula is C13H20N2O4. The van der Waals surface area contributed by atoms with Gasteiger partial charge >= 0.3 is 5.97 Å². The summed E-state index contributed by atoms with van der Waals surface area (Å²) in [6.45, 7) is 2.64. The van der Waals surface area contributed by atoms with E-state index in [9.17, 15) is 14.4 Å². The van der Waals surface area contributed by atoms with Gasteiger partial charge in [-0.2, -0.15) is 0 Å². The maximum atomic E-state index is 12.4. The van der Waals surface area contributed by atoms with Crippen LogP contribution >= 0.6 is 0 Å². The van der Waals surface area contributed by atoms with E-state index in [-0.39, 0.29) is 17.8 Å². The van der Waals surface area contributed by atoms with Crippen LogP contribution in [0, 0.1) is 0 Å². The van der Waals surface area contributed by atoms with E-state index in [4.69, 9.17) is 4.74 Å². The number of hydrogen-bond donors (Lipinski definition) is 1. The van der Waals surface area contributed by atoms with Gasteiger partial charge in [0.25, 0.3) is 0 Å². The summed E-state index contributed by atoms with van der Waals surface area (Å²) < 4.78 is 5.03. The first kappa shape index (κ1) is 13.8. The molecule has 0 aromatic carbocycles. The first-order valence-corrected chi connectivity index (χ1v) is 6.90. The summed E-state index contributed by atoms with van der Waals surface area (Å²) >= 11 is 0. The topological polar surface area (TPSA) is 75.7 Å². The summed E-state index contributed by atoms with van der Waals surface area (Å²) in [5.41, 5.74) is 0. The van der Waals surface area contributed by atoms with Gasteiger partial charge in [0.05, 0.1) is 6.61 Å². The van der Waals surface area contributed by atoms with Gasteiger partial charge in [-0.25, -0.2) is 4.79 Å². The summed E-state index contributed by atoms with van der Waals surface area (Å²) in [7, 11) is 0. The smallest absolute Gasteiger partial charge is 0.328 e. The minimum atomic E-state index is -0.487. The van der Waals surface area contributed by atoms with Crippen LogP contribution in [0.3, 0.4) is 0 Å². The van der Waals surface area contributed by atoms with Gasteiger partial charge < -0.3 is 15.0 Å². The molecule has 2 heterocycles. The van der Waals surface area contributed by atoms with Gasteiger partial charge in [-0.1, -0.05) is 0 Å². The fourth-order valence-electron chi connectivity index (χ4n) is 2.68.